The van der Waals surface area contributed by atoms with Crippen LogP contribution in [0, 0.1) is 0 Å². The maximum absolute atomic E-state index is 14.7. The Balaban J connectivity index is 1.45. The molecule has 1 aromatic heterocycles. The largest absolute Gasteiger partial charge is 0.308 e. The van der Waals surface area contributed by atoms with Gasteiger partial charge in [0.25, 0.3) is 0 Å². The highest BCUT2D eigenvalue weighted by Gasteiger charge is 2.40. The van der Waals surface area contributed by atoms with Crippen molar-refractivity contribution in [3.05, 3.63) is 150 Å². The first kappa shape index (κ1) is 21.7. The standard InChI is InChI=1S/C38H23NO/c40-38-32-22-26(24-12-5-2-6-13-24)21-31-30-20-25(23-10-3-1-4-11-23)18-19-33(30)39(37(31)32)34-17-9-16-28-27-14-7-8-15-29(27)36(38)35(28)34/h1-22,36H. The Bertz CT molecular complexity index is 2170. The van der Waals surface area contributed by atoms with Crippen LogP contribution in [-0.4, -0.2) is 10.4 Å². The average molecular weight is 510 g/mol. The number of nitrogens with zero attached hydrogens (tertiary/aromatic N) is 1. The minimum absolute atomic E-state index is 0.172. The fourth-order valence-corrected chi connectivity index (χ4v) is 7.06. The van der Waals surface area contributed by atoms with Gasteiger partial charge in [0.15, 0.2) is 5.78 Å². The van der Waals surface area contributed by atoms with Crippen LogP contribution in [0.4, 0.5) is 0 Å². The maximum atomic E-state index is 14.7. The first-order chi connectivity index (χ1) is 19.8. The smallest absolute Gasteiger partial charge is 0.176 e. The lowest BCUT2D eigenvalue weighted by Gasteiger charge is -2.14. The summed E-state index contributed by atoms with van der Waals surface area (Å²) in [5.41, 5.74) is 13.1. The Morgan fingerprint density at radius 3 is 1.98 bits per heavy atom. The van der Waals surface area contributed by atoms with E-state index in [1.54, 1.807) is 0 Å². The molecule has 0 amide bonds. The summed E-state index contributed by atoms with van der Waals surface area (Å²) in [6.07, 6.45) is 0. The topological polar surface area (TPSA) is 22.0 Å². The monoisotopic (exact) mass is 509 g/mol. The highest BCUT2D eigenvalue weighted by molar-refractivity contribution is 6.23. The van der Waals surface area contributed by atoms with E-state index in [9.17, 15) is 4.79 Å². The van der Waals surface area contributed by atoms with Crippen LogP contribution in [0.2, 0.25) is 0 Å². The molecule has 7 aromatic rings. The van der Waals surface area contributed by atoms with E-state index in [2.05, 4.69) is 126 Å². The molecule has 0 N–H and O–H groups in total. The zero-order valence-electron chi connectivity index (χ0n) is 21.6. The van der Waals surface area contributed by atoms with E-state index < -0.39 is 0 Å². The van der Waals surface area contributed by atoms with Gasteiger partial charge in [0.1, 0.15) is 0 Å². The fourth-order valence-electron chi connectivity index (χ4n) is 7.06. The van der Waals surface area contributed by atoms with Gasteiger partial charge in [-0.2, -0.15) is 0 Å². The molecule has 0 saturated heterocycles. The van der Waals surface area contributed by atoms with Gasteiger partial charge in [-0.1, -0.05) is 103 Å². The van der Waals surface area contributed by atoms with Crippen molar-refractivity contribution in [2.24, 2.45) is 0 Å². The van der Waals surface area contributed by atoms with Crippen molar-refractivity contribution in [1.29, 1.82) is 0 Å². The number of ketones is 1. The molecule has 1 unspecified atom stereocenters. The van der Waals surface area contributed by atoms with Crippen molar-refractivity contribution in [2.75, 3.05) is 0 Å². The molecule has 0 spiro atoms. The second kappa shape index (κ2) is 7.91. The van der Waals surface area contributed by atoms with E-state index in [4.69, 9.17) is 0 Å². The van der Waals surface area contributed by atoms with Crippen molar-refractivity contribution in [3.63, 3.8) is 0 Å². The molecule has 1 atom stereocenters. The predicted octanol–water partition coefficient (Wildman–Crippen LogP) is 9.43. The molecule has 0 fully saturated rings. The number of hydrogen-bond acceptors (Lipinski definition) is 1. The van der Waals surface area contributed by atoms with E-state index >= 15 is 0 Å². The highest BCUT2D eigenvalue weighted by Crippen LogP contribution is 2.52. The number of aromatic nitrogens is 1. The summed E-state index contributed by atoms with van der Waals surface area (Å²) < 4.78 is 2.35. The Morgan fingerprint density at radius 1 is 0.500 bits per heavy atom. The molecule has 40 heavy (non-hydrogen) atoms. The van der Waals surface area contributed by atoms with E-state index in [0.29, 0.717) is 0 Å². The van der Waals surface area contributed by atoms with Gasteiger partial charge in [-0.3, -0.25) is 4.79 Å². The lowest BCUT2D eigenvalue weighted by molar-refractivity contribution is 0.0977. The van der Waals surface area contributed by atoms with Crippen LogP contribution in [0.3, 0.4) is 0 Å². The molecule has 1 aliphatic carbocycles. The lowest BCUT2D eigenvalue weighted by atomic mass is 9.87. The highest BCUT2D eigenvalue weighted by atomic mass is 16.1. The normalized spacial score (nSPS) is 14.8. The number of carbonyl (C=O) groups is 1. The van der Waals surface area contributed by atoms with Gasteiger partial charge < -0.3 is 4.57 Å². The minimum atomic E-state index is -0.310. The summed E-state index contributed by atoms with van der Waals surface area (Å²) in [7, 11) is 0. The molecule has 6 aromatic carbocycles. The molecule has 2 aliphatic rings. The van der Waals surface area contributed by atoms with Crippen LogP contribution in [-0.2, 0) is 0 Å². The lowest BCUT2D eigenvalue weighted by Crippen LogP contribution is -2.11. The van der Waals surface area contributed by atoms with E-state index in [-0.39, 0.29) is 11.7 Å². The van der Waals surface area contributed by atoms with Crippen LogP contribution >= 0.6 is 0 Å². The Kier molecular flexibility index (Phi) is 4.29. The number of rotatable bonds is 2. The van der Waals surface area contributed by atoms with E-state index in [1.165, 1.54) is 22.3 Å². The number of benzene rings is 6. The molecule has 1 aliphatic heterocycles. The summed E-state index contributed by atoms with van der Waals surface area (Å²) >= 11 is 0. The van der Waals surface area contributed by atoms with Crippen molar-refractivity contribution >= 4 is 27.6 Å². The van der Waals surface area contributed by atoms with Crippen LogP contribution in [0.25, 0.3) is 60.9 Å². The molecule has 2 heteroatoms. The van der Waals surface area contributed by atoms with Crippen molar-refractivity contribution < 1.29 is 4.79 Å². The van der Waals surface area contributed by atoms with Crippen LogP contribution in [0.15, 0.2) is 133 Å². The number of hydrogen-bond donors (Lipinski definition) is 0. The van der Waals surface area contributed by atoms with Gasteiger partial charge in [-0.05, 0) is 74.8 Å². The van der Waals surface area contributed by atoms with Crippen LogP contribution in [0.5, 0.6) is 0 Å². The summed E-state index contributed by atoms with van der Waals surface area (Å²) in [4.78, 5) is 14.7. The summed E-state index contributed by atoms with van der Waals surface area (Å²) in [5.74, 6) is -0.138. The zero-order chi connectivity index (χ0) is 26.4. The summed E-state index contributed by atoms with van der Waals surface area (Å²) in [6.45, 7) is 0. The van der Waals surface area contributed by atoms with Gasteiger partial charge in [0, 0.05) is 16.3 Å². The molecule has 0 bridgehead atoms. The van der Waals surface area contributed by atoms with Crippen molar-refractivity contribution in [1.82, 2.24) is 4.57 Å². The Morgan fingerprint density at radius 2 is 1.18 bits per heavy atom. The van der Waals surface area contributed by atoms with Gasteiger partial charge in [-0.15, -0.1) is 0 Å². The third-order valence-electron chi connectivity index (χ3n) is 8.78. The summed E-state index contributed by atoms with van der Waals surface area (Å²) in [5, 5.41) is 2.28. The van der Waals surface area contributed by atoms with Gasteiger partial charge >= 0.3 is 0 Å². The zero-order valence-corrected chi connectivity index (χ0v) is 21.6. The average Bonchev–Trinajstić information content (AvgIpc) is 3.50. The molecule has 0 radical (unpaired) electrons. The molecule has 0 saturated carbocycles. The van der Waals surface area contributed by atoms with Crippen molar-refractivity contribution in [3.8, 4) is 39.1 Å². The van der Waals surface area contributed by atoms with Crippen LogP contribution in [0.1, 0.15) is 27.4 Å². The van der Waals surface area contributed by atoms with E-state index in [0.717, 1.165) is 55.3 Å². The maximum Gasteiger partial charge on any atom is 0.176 e. The third-order valence-corrected chi connectivity index (χ3v) is 8.78. The molecular weight excluding hydrogens is 486 g/mol. The van der Waals surface area contributed by atoms with Gasteiger partial charge in [-0.25, -0.2) is 0 Å². The first-order valence-electron chi connectivity index (χ1n) is 13.8. The Labute approximate surface area is 231 Å². The fraction of sp³-hybridized carbons (Fsp3) is 0.0263. The quantitative estimate of drug-likeness (QED) is 0.227. The van der Waals surface area contributed by atoms with Gasteiger partial charge in [0.05, 0.1) is 22.6 Å². The van der Waals surface area contributed by atoms with Crippen molar-refractivity contribution in [2.45, 2.75) is 5.92 Å². The number of fused-ring (bicyclic) bond motifs is 7. The van der Waals surface area contributed by atoms with Gasteiger partial charge in [0.2, 0.25) is 0 Å². The number of carbonyl (C=O) groups excluding carboxylic acids is 1. The molecule has 2 nitrogen and oxygen atoms in total. The number of Topliss-reactive ketones (excluding diaryl/α,β-unsaturated/α-hetero) is 1. The molecule has 9 rings (SSSR count). The first-order valence-corrected chi connectivity index (χ1v) is 13.8. The molecular formula is C38H23NO. The van der Waals surface area contributed by atoms with Crippen LogP contribution < -0.4 is 0 Å². The predicted molar refractivity (Wildman–Crippen MR) is 163 cm³/mol. The Hall–Kier alpha value is -5.21. The molecule has 2 heterocycles. The second-order valence-corrected chi connectivity index (χ2v) is 10.8. The third kappa shape index (κ3) is 2.80. The summed E-state index contributed by atoms with van der Waals surface area (Å²) in [6, 6.07) is 47.0. The molecule has 186 valence electrons. The second-order valence-electron chi connectivity index (χ2n) is 10.8. The minimum Gasteiger partial charge on any atom is -0.308 e. The SMILES string of the molecule is O=C1c2cc(-c3ccccc3)cc3c4cc(-c5ccccc5)ccc4n(c23)-c2cccc3c2C1c1ccccc1-3. The van der Waals surface area contributed by atoms with E-state index in [1.807, 2.05) is 12.1 Å².